The smallest absolute Gasteiger partial charge is 0.253 e. The predicted octanol–water partition coefficient (Wildman–Crippen LogP) is 2.65. The van der Waals surface area contributed by atoms with E-state index in [4.69, 9.17) is 11.5 Å². The summed E-state index contributed by atoms with van der Waals surface area (Å²) in [6.45, 7) is 5.50. The van der Waals surface area contributed by atoms with Crippen LogP contribution in [0.25, 0.3) is 0 Å². The van der Waals surface area contributed by atoms with Crippen LogP contribution in [0.15, 0.2) is 0 Å². The van der Waals surface area contributed by atoms with Gasteiger partial charge in [-0.3, -0.25) is 9.59 Å². The van der Waals surface area contributed by atoms with Crippen molar-refractivity contribution in [2.45, 2.75) is 39.5 Å². The molecule has 1 amide bonds. The zero-order valence-corrected chi connectivity index (χ0v) is 13.5. The van der Waals surface area contributed by atoms with Gasteiger partial charge in [-0.2, -0.15) is 0 Å². The molecule has 1 aliphatic carbocycles. The Labute approximate surface area is 129 Å². The van der Waals surface area contributed by atoms with E-state index in [0.717, 1.165) is 18.1 Å². The third kappa shape index (κ3) is 3.05. The number of amides is 1. The molecule has 21 heavy (non-hydrogen) atoms. The fourth-order valence-corrected chi connectivity index (χ4v) is 3.91. The van der Waals surface area contributed by atoms with Crippen LogP contribution in [-0.2, 0) is 0 Å². The number of Topliss-reactive ketones (excluding diaryl/α,β-unsaturated/α-hetero) is 1. The number of carbonyl (C=O) groups excluding carboxylic acids is 2. The van der Waals surface area contributed by atoms with Crippen molar-refractivity contribution >= 4 is 33.7 Å². The average Bonchev–Trinajstić information content (AvgIpc) is 2.74. The summed E-state index contributed by atoms with van der Waals surface area (Å²) in [7, 11) is 0. The van der Waals surface area contributed by atoms with Gasteiger partial charge in [-0.15, -0.1) is 11.3 Å². The first-order valence-corrected chi connectivity index (χ1v) is 8.31. The minimum Gasteiger partial charge on any atom is -0.397 e. The van der Waals surface area contributed by atoms with Gasteiger partial charge in [-0.05, 0) is 25.7 Å². The SMILES string of the molecule is CCC(=O)c1sc(N(CC)CC2CCC2)c(C(N)=O)c1N. The van der Waals surface area contributed by atoms with Crippen LogP contribution in [-0.4, -0.2) is 24.8 Å². The highest BCUT2D eigenvalue weighted by Crippen LogP contribution is 2.40. The van der Waals surface area contributed by atoms with Crippen LogP contribution < -0.4 is 16.4 Å². The second-order valence-corrected chi connectivity index (χ2v) is 6.50. The van der Waals surface area contributed by atoms with Crippen molar-refractivity contribution in [3.63, 3.8) is 0 Å². The maximum absolute atomic E-state index is 12.0. The van der Waals surface area contributed by atoms with Gasteiger partial charge in [0.25, 0.3) is 5.91 Å². The Kier molecular flexibility index (Phi) is 4.88. The minimum absolute atomic E-state index is 0.0362. The van der Waals surface area contributed by atoms with E-state index in [1.165, 1.54) is 30.6 Å². The molecule has 1 aromatic rings. The van der Waals surface area contributed by atoms with Crippen molar-refractivity contribution < 1.29 is 9.59 Å². The fraction of sp³-hybridized carbons (Fsp3) is 0.600. The third-order valence-electron chi connectivity index (χ3n) is 4.12. The molecule has 0 aliphatic heterocycles. The fourth-order valence-electron chi connectivity index (χ4n) is 2.60. The lowest BCUT2D eigenvalue weighted by Gasteiger charge is -2.32. The normalized spacial score (nSPS) is 14.8. The van der Waals surface area contributed by atoms with Crippen molar-refractivity contribution in [2.24, 2.45) is 11.7 Å². The summed E-state index contributed by atoms with van der Waals surface area (Å²) < 4.78 is 0. The molecule has 0 unspecified atom stereocenters. The zero-order chi connectivity index (χ0) is 15.6. The highest BCUT2D eigenvalue weighted by molar-refractivity contribution is 7.19. The predicted molar refractivity (Wildman–Crippen MR) is 87.1 cm³/mol. The summed E-state index contributed by atoms with van der Waals surface area (Å²) in [6, 6.07) is 0. The van der Waals surface area contributed by atoms with Gasteiger partial charge in [-0.1, -0.05) is 13.3 Å². The second-order valence-electron chi connectivity index (χ2n) is 5.50. The van der Waals surface area contributed by atoms with Crippen LogP contribution >= 0.6 is 11.3 Å². The largest absolute Gasteiger partial charge is 0.397 e. The molecule has 116 valence electrons. The number of carbonyl (C=O) groups is 2. The molecule has 4 N–H and O–H groups in total. The van der Waals surface area contributed by atoms with Crippen molar-refractivity contribution in [1.29, 1.82) is 0 Å². The van der Waals surface area contributed by atoms with E-state index < -0.39 is 5.91 Å². The van der Waals surface area contributed by atoms with E-state index in [2.05, 4.69) is 4.90 Å². The summed E-state index contributed by atoms with van der Waals surface area (Å²) >= 11 is 1.31. The maximum atomic E-state index is 12.0. The molecule has 1 fully saturated rings. The molecular weight excluding hydrogens is 286 g/mol. The Morgan fingerprint density at radius 2 is 2.00 bits per heavy atom. The Morgan fingerprint density at radius 1 is 1.33 bits per heavy atom. The van der Waals surface area contributed by atoms with Gasteiger partial charge < -0.3 is 16.4 Å². The van der Waals surface area contributed by atoms with Gasteiger partial charge in [0.2, 0.25) is 0 Å². The average molecular weight is 309 g/mol. The van der Waals surface area contributed by atoms with E-state index in [-0.39, 0.29) is 11.5 Å². The first-order valence-electron chi connectivity index (χ1n) is 7.49. The van der Waals surface area contributed by atoms with Gasteiger partial charge in [0.1, 0.15) is 5.00 Å². The molecule has 0 radical (unpaired) electrons. The Hall–Kier alpha value is -1.56. The molecule has 1 aliphatic rings. The Morgan fingerprint density at radius 3 is 2.43 bits per heavy atom. The van der Waals surface area contributed by atoms with Crippen LogP contribution in [0.2, 0.25) is 0 Å². The molecule has 6 heteroatoms. The van der Waals surface area contributed by atoms with Crippen molar-refractivity contribution in [3.8, 4) is 0 Å². The number of nitrogens with two attached hydrogens (primary N) is 2. The highest BCUT2D eigenvalue weighted by atomic mass is 32.1. The molecule has 2 rings (SSSR count). The topological polar surface area (TPSA) is 89.4 Å². The summed E-state index contributed by atoms with van der Waals surface area (Å²) in [5, 5.41) is 0.756. The number of nitrogens with zero attached hydrogens (tertiary/aromatic N) is 1. The number of nitrogen functional groups attached to an aromatic ring is 1. The summed E-state index contributed by atoms with van der Waals surface area (Å²) in [6.07, 6.45) is 4.10. The molecule has 1 aromatic heterocycles. The Bertz CT molecular complexity index is 549. The monoisotopic (exact) mass is 309 g/mol. The zero-order valence-electron chi connectivity index (χ0n) is 12.6. The van der Waals surface area contributed by atoms with Crippen LogP contribution in [0.1, 0.15) is 59.6 Å². The number of primary amides is 1. The number of anilines is 2. The molecule has 1 heterocycles. The number of hydrogen-bond donors (Lipinski definition) is 2. The van der Waals surface area contributed by atoms with Crippen molar-refractivity contribution in [1.82, 2.24) is 0 Å². The van der Waals surface area contributed by atoms with Gasteiger partial charge in [0.05, 0.1) is 16.1 Å². The molecule has 5 nitrogen and oxygen atoms in total. The van der Waals surface area contributed by atoms with Crippen LogP contribution in [0.5, 0.6) is 0 Å². The standard InChI is InChI=1S/C15H23N3O2S/c1-3-10(19)13-12(16)11(14(17)20)15(21-13)18(4-2)8-9-6-5-7-9/h9H,3-8,16H2,1-2H3,(H2,17,20). The van der Waals surface area contributed by atoms with Gasteiger partial charge in [0.15, 0.2) is 5.78 Å². The molecule has 0 aromatic carbocycles. The lowest BCUT2D eigenvalue weighted by Crippen LogP contribution is -2.33. The van der Waals surface area contributed by atoms with E-state index in [0.29, 0.717) is 22.8 Å². The van der Waals surface area contributed by atoms with Crippen LogP contribution in [0.4, 0.5) is 10.7 Å². The number of hydrogen-bond acceptors (Lipinski definition) is 5. The van der Waals surface area contributed by atoms with Crippen LogP contribution in [0.3, 0.4) is 0 Å². The number of thiophene rings is 1. The van der Waals surface area contributed by atoms with Crippen molar-refractivity contribution in [3.05, 3.63) is 10.4 Å². The number of rotatable bonds is 7. The first-order chi connectivity index (χ1) is 9.99. The minimum atomic E-state index is -0.555. The third-order valence-corrected chi connectivity index (χ3v) is 5.43. The summed E-state index contributed by atoms with van der Waals surface area (Å²) in [5.74, 6) is 0.0752. The maximum Gasteiger partial charge on any atom is 0.253 e. The number of ketones is 1. The first kappa shape index (κ1) is 15.8. The molecular formula is C15H23N3O2S. The molecule has 0 bridgehead atoms. The summed E-state index contributed by atoms with van der Waals surface area (Å²) in [4.78, 5) is 26.4. The quantitative estimate of drug-likeness (QED) is 0.758. The van der Waals surface area contributed by atoms with Gasteiger partial charge in [0, 0.05) is 19.5 Å². The molecule has 1 saturated carbocycles. The van der Waals surface area contributed by atoms with Gasteiger partial charge in [-0.25, -0.2) is 0 Å². The molecule has 0 atom stereocenters. The lowest BCUT2D eigenvalue weighted by atomic mass is 9.85. The van der Waals surface area contributed by atoms with Crippen molar-refractivity contribution in [2.75, 3.05) is 23.7 Å². The molecule has 0 saturated heterocycles. The highest BCUT2D eigenvalue weighted by Gasteiger charge is 2.28. The van der Waals surface area contributed by atoms with E-state index in [1.807, 2.05) is 6.92 Å². The Balaban J connectivity index is 2.39. The lowest BCUT2D eigenvalue weighted by molar-refractivity contribution is 0.0991. The second kappa shape index (κ2) is 6.47. The van der Waals surface area contributed by atoms with E-state index in [9.17, 15) is 9.59 Å². The summed E-state index contributed by atoms with van der Waals surface area (Å²) in [5.41, 5.74) is 12.1. The molecule has 0 spiro atoms. The van der Waals surface area contributed by atoms with Gasteiger partial charge >= 0.3 is 0 Å². The van der Waals surface area contributed by atoms with E-state index >= 15 is 0 Å². The van der Waals surface area contributed by atoms with Crippen LogP contribution in [0, 0.1) is 5.92 Å². The van der Waals surface area contributed by atoms with E-state index in [1.54, 1.807) is 6.92 Å².